The number of hydrogen-bond acceptors (Lipinski definition) is 3. The zero-order valence-corrected chi connectivity index (χ0v) is 16.9. The number of hydrogen-bond donors (Lipinski definition) is 1. The Morgan fingerprint density at radius 1 is 1.15 bits per heavy atom. The Labute approximate surface area is 168 Å². The van der Waals surface area contributed by atoms with E-state index in [1.54, 1.807) is 15.4 Å². The zero-order valence-electron chi connectivity index (χ0n) is 15.4. The molecule has 1 amide bonds. The van der Waals surface area contributed by atoms with Gasteiger partial charge in [0.1, 0.15) is 6.04 Å². The number of carbonyl (C=O) groups excluding carboxylic acids is 1. The van der Waals surface area contributed by atoms with Gasteiger partial charge in [0.25, 0.3) is 0 Å². The number of carbonyl (C=O) groups is 1. The maximum Gasteiger partial charge on any atom is 0.250 e. The maximum absolute atomic E-state index is 12.7. The molecule has 0 aliphatic carbocycles. The van der Waals surface area contributed by atoms with Crippen molar-refractivity contribution >= 4 is 34.9 Å². The summed E-state index contributed by atoms with van der Waals surface area (Å²) in [4.78, 5) is 12.7. The van der Waals surface area contributed by atoms with Crippen LogP contribution in [-0.2, 0) is 11.3 Å². The SMILES string of the molecule is CCC(C(=O)Nc1ccn(Cc2ccc(Cl)cc2)n1)n1nc(C)c(Cl)c1C. The van der Waals surface area contributed by atoms with E-state index in [0.29, 0.717) is 34.5 Å². The first kappa shape index (κ1) is 19.5. The topological polar surface area (TPSA) is 64.7 Å². The highest BCUT2D eigenvalue weighted by Gasteiger charge is 2.23. The quantitative estimate of drug-likeness (QED) is 0.649. The van der Waals surface area contributed by atoms with Crippen molar-refractivity contribution in [1.82, 2.24) is 19.6 Å². The van der Waals surface area contributed by atoms with Gasteiger partial charge >= 0.3 is 0 Å². The van der Waals surface area contributed by atoms with E-state index in [1.165, 1.54) is 0 Å². The molecule has 0 saturated heterocycles. The molecule has 3 aromatic rings. The van der Waals surface area contributed by atoms with Crippen molar-refractivity contribution in [2.24, 2.45) is 0 Å². The molecule has 0 radical (unpaired) electrons. The number of anilines is 1. The van der Waals surface area contributed by atoms with Crippen LogP contribution in [0.3, 0.4) is 0 Å². The van der Waals surface area contributed by atoms with Gasteiger partial charge in [0.05, 0.1) is 23.0 Å². The molecule has 1 unspecified atom stereocenters. The van der Waals surface area contributed by atoms with Crippen LogP contribution in [0.1, 0.15) is 36.3 Å². The van der Waals surface area contributed by atoms with Gasteiger partial charge in [0.15, 0.2) is 5.82 Å². The van der Waals surface area contributed by atoms with E-state index in [4.69, 9.17) is 23.2 Å². The summed E-state index contributed by atoms with van der Waals surface area (Å²) < 4.78 is 3.44. The Hall–Kier alpha value is -2.31. The van der Waals surface area contributed by atoms with Crippen molar-refractivity contribution in [1.29, 1.82) is 0 Å². The van der Waals surface area contributed by atoms with Gasteiger partial charge < -0.3 is 5.32 Å². The molecule has 0 bridgehead atoms. The number of aromatic nitrogens is 4. The number of nitrogens with zero attached hydrogens (tertiary/aromatic N) is 4. The summed E-state index contributed by atoms with van der Waals surface area (Å²) in [5.41, 5.74) is 2.57. The predicted octanol–water partition coefficient (Wildman–Crippen LogP) is 4.64. The van der Waals surface area contributed by atoms with Crippen molar-refractivity contribution in [3.05, 3.63) is 63.5 Å². The third-order valence-corrected chi connectivity index (χ3v) is 5.17. The molecule has 8 heteroatoms. The summed E-state index contributed by atoms with van der Waals surface area (Å²) in [5.74, 6) is 0.330. The van der Waals surface area contributed by atoms with Gasteiger partial charge in [-0.25, -0.2) is 0 Å². The van der Waals surface area contributed by atoms with E-state index in [-0.39, 0.29) is 5.91 Å². The van der Waals surface area contributed by atoms with E-state index in [0.717, 1.165) is 11.3 Å². The number of rotatable bonds is 6. The molecular weight excluding hydrogens is 385 g/mol. The van der Waals surface area contributed by atoms with Gasteiger partial charge in [-0.15, -0.1) is 0 Å². The highest BCUT2D eigenvalue weighted by atomic mass is 35.5. The van der Waals surface area contributed by atoms with Gasteiger partial charge in [-0.1, -0.05) is 42.3 Å². The highest BCUT2D eigenvalue weighted by molar-refractivity contribution is 6.31. The molecule has 0 saturated carbocycles. The average molecular weight is 406 g/mol. The van der Waals surface area contributed by atoms with Crippen LogP contribution in [-0.4, -0.2) is 25.5 Å². The van der Waals surface area contributed by atoms with Crippen LogP contribution < -0.4 is 5.32 Å². The summed E-state index contributed by atoms with van der Waals surface area (Å²) in [5, 5.41) is 13.0. The summed E-state index contributed by atoms with van der Waals surface area (Å²) in [6.07, 6.45) is 2.42. The normalized spacial score (nSPS) is 12.2. The molecule has 0 aliphatic heterocycles. The van der Waals surface area contributed by atoms with Crippen LogP contribution in [0.15, 0.2) is 36.5 Å². The molecule has 1 atom stereocenters. The Morgan fingerprint density at radius 3 is 2.44 bits per heavy atom. The van der Waals surface area contributed by atoms with Gasteiger partial charge in [0.2, 0.25) is 5.91 Å². The van der Waals surface area contributed by atoms with Crippen molar-refractivity contribution < 1.29 is 4.79 Å². The molecule has 1 aromatic carbocycles. The fourth-order valence-corrected chi connectivity index (χ4v) is 3.17. The fraction of sp³-hybridized carbons (Fsp3) is 0.316. The molecule has 0 spiro atoms. The van der Waals surface area contributed by atoms with Crippen LogP contribution in [0.2, 0.25) is 10.0 Å². The minimum absolute atomic E-state index is 0.170. The second-order valence-electron chi connectivity index (χ2n) is 6.37. The molecule has 0 aliphatic rings. The third-order valence-electron chi connectivity index (χ3n) is 4.37. The molecule has 2 aromatic heterocycles. The van der Waals surface area contributed by atoms with E-state index in [9.17, 15) is 4.79 Å². The number of nitrogens with one attached hydrogen (secondary N) is 1. The van der Waals surface area contributed by atoms with Crippen LogP contribution >= 0.6 is 23.2 Å². The largest absolute Gasteiger partial charge is 0.307 e. The molecule has 1 N–H and O–H groups in total. The molecule has 0 fully saturated rings. The van der Waals surface area contributed by atoms with Gasteiger partial charge in [0, 0.05) is 17.3 Å². The molecule has 3 rings (SSSR count). The minimum atomic E-state index is -0.447. The van der Waals surface area contributed by atoms with E-state index < -0.39 is 6.04 Å². The zero-order chi connectivity index (χ0) is 19.6. The lowest BCUT2D eigenvalue weighted by Crippen LogP contribution is -2.27. The summed E-state index contributed by atoms with van der Waals surface area (Å²) in [6, 6.07) is 8.90. The second-order valence-corrected chi connectivity index (χ2v) is 7.18. The van der Waals surface area contributed by atoms with Gasteiger partial charge in [-0.05, 0) is 38.0 Å². The standard InChI is InChI=1S/C19H21Cl2N5O/c1-4-16(26-13(3)18(21)12(2)23-26)19(27)22-17-9-10-25(24-17)11-14-5-7-15(20)8-6-14/h5-10,16H,4,11H2,1-3H3,(H,22,24,27). The van der Waals surface area contributed by atoms with Crippen molar-refractivity contribution in [3.8, 4) is 0 Å². The van der Waals surface area contributed by atoms with Crippen molar-refractivity contribution in [2.45, 2.75) is 39.8 Å². The average Bonchev–Trinajstić information content (AvgIpc) is 3.18. The Kier molecular flexibility index (Phi) is 5.87. The smallest absolute Gasteiger partial charge is 0.250 e. The lowest BCUT2D eigenvalue weighted by atomic mass is 10.2. The first-order chi connectivity index (χ1) is 12.9. The monoisotopic (exact) mass is 405 g/mol. The summed E-state index contributed by atoms with van der Waals surface area (Å²) in [6.45, 7) is 6.22. The second kappa shape index (κ2) is 8.15. The molecule has 142 valence electrons. The summed E-state index contributed by atoms with van der Waals surface area (Å²) >= 11 is 12.1. The Bertz CT molecular complexity index is 946. The Morgan fingerprint density at radius 2 is 1.85 bits per heavy atom. The van der Waals surface area contributed by atoms with Crippen molar-refractivity contribution in [3.63, 3.8) is 0 Å². The summed E-state index contributed by atoms with van der Waals surface area (Å²) in [7, 11) is 0. The Balaban J connectivity index is 1.70. The van der Waals surface area contributed by atoms with Crippen LogP contribution in [0, 0.1) is 13.8 Å². The van der Waals surface area contributed by atoms with Crippen LogP contribution in [0.4, 0.5) is 5.82 Å². The lowest BCUT2D eigenvalue weighted by Gasteiger charge is -2.16. The molecule has 27 heavy (non-hydrogen) atoms. The third kappa shape index (κ3) is 4.34. The first-order valence-corrected chi connectivity index (χ1v) is 9.44. The number of halogens is 2. The van der Waals surface area contributed by atoms with E-state index >= 15 is 0 Å². The van der Waals surface area contributed by atoms with Gasteiger partial charge in [-0.2, -0.15) is 10.2 Å². The maximum atomic E-state index is 12.7. The van der Waals surface area contributed by atoms with Gasteiger partial charge in [-0.3, -0.25) is 14.2 Å². The molecule has 2 heterocycles. The fourth-order valence-electron chi connectivity index (χ4n) is 2.92. The van der Waals surface area contributed by atoms with Crippen LogP contribution in [0.25, 0.3) is 0 Å². The predicted molar refractivity (Wildman–Crippen MR) is 107 cm³/mol. The number of aryl methyl sites for hydroxylation is 1. The molecular formula is C19H21Cl2N5O. The highest BCUT2D eigenvalue weighted by Crippen LogP contribution is 2.24. The minimum Gasteiger partial charge on any atom is -0.307 e. The first-order valence-electron chi connectivity index (χ1n) is 8.69. The lowest BCUT2D eigenvalue weighted by molar-refractivity contribution is -0.119. The number of amides is 1. The number of benzene rings is 1. The molecule has 6 nitrogen and oxygen atoms in total. The van der Waals surface area contributed by atoms with E-state index in [1.807, 2.05) is 51.2 Å². The van der Waals surface area contributed by atoms with Crippen LogP contribution in [0.5, 0.6) is 0 Å². The van der Waals surface area contributed by atoms with E-state index in [2.05, 4.69) is 15.5 Å². The van der Waals surface area contributed by atoms with Crippen molar-refractivity contribution in [2.75, 3.05) is 5.32 Å².